The van der Waals surface area contributed by atoms with Crippen LogP contribution in [0, 0.1) is 0 Å². The third kappa shape index (κ3) is 5.57. The summed E-state index contributed by atoms with van der Waals surface area (Å²) in [6, 6.07) is 11.2. The predicted octanol–water partition coefficient (Wildman–Crippen LogP) is 3.66. The molecule has 1 amide bonds. The number of fused-ring (bicyclic) bond motifs is 1. The summed E-state index contributed by atoms with van der Waals surface area (Å²) in [4.78, 5) is 36.0. The number of hydrogen-bond acceptors (Lipinski definition) is 8. The molecular formula is C23H23NO8. The summed E-state index contributed by atoms with van der Waals surface area (Å²) < 4.78 is 25.9. The molecule has 0 unspecified atom stereocenters. The fourth-order valence-electron chi connectivity index (χ4n) is 3.07. The van der Waals surface area contributed by atoms with Crippen molar-refractivity contribution in [1.82, 2.24) is 0 Å². The van der Waals surface area contributed by atoms with Crippen molar-refractivity contribution in [2.75, 3.05) is 26.1 Å². The van der Waals surface area contributed by atoms with E-state index < -0.39 is 17.7 Å². The quantitative estimate of drug-likeness (QED) is 0.416. The van der Waals surface area contributed by atoms with Crippen molar-refractivity contribution in [2.45, 2.75) is 20.0 Å². The van der Waals surface area contributed by atoms with Crippen LogP contribution in [0.15, 0.2) is 51.7 Å². The van der Waals surface area contributed by atoms with Crippen molar-refractivity contribution < 1.29 is 33.0 Å². The molecule has 0 saturated heterocycles. The molecule has 32 heavy (non-hydrogen) atoms. The molecule has 0 aliphatic rings. The Labute approximate surface area is 183 Å². The second kappa shape index (κ2) is 10.3. The van der Waals surface area contributed by atoms with E-state index in [0.29, 0.717) is 33.7 Å². The molecule has 2 aromatic carbocycles. The predicted molar refractivity (Wildman–Crippen MR) is 116 cm³/mol. The van der Waals surface area contributed by atoms with Gasteiger partial charge in [-0.2, -0.15) is 0 Å². The molecule has 0 fully saturated rings. The first-order valence-corrected chi connectivity index (χ1v) is 9.80. The van der Waals surface area contributed by atoms with Crippen molar-refractivity contribution in [3.8, 4) is 11.5 Å². The van der Waals surface area contributed by atoms with Gasteiger partial charge in [-0.3, -0.25) is 10.1 Å². The molecule has 9 nitrogen and oxygen atoms in total. The fraction of sp³-hybridized carbons (Fsp3) is 0.261. The summed E-state index contributed by atoms with van der Waals surface area (Å²) in [5, 5.41) is 3.12. The number of carbonyl (C=O) groups excluding carboxylic acids is 2. The number of nitrogens with one attached hydrogen (secondary N) is 1. The Balaban J connectivity index is 1.73. The summed E-state index contributed by atoms with van der Waals surface area (Å²) in [5.74, 6) is 0.627. The molecule has 9 heteroatoms. The van der Waals surface area contributed by atoms with Crippen molar-refractivity contribution in [3.05, 3.63) is 64.0 Å². The van der Waals surface area contributed by atoms with Gasteiger partial charge in [0.2, 0.25) is 0 Å². The lowest BCUT2D eigenvalue weighted by Crippen LogP contribution is -2.13. The summed E-state index contributed by atoms with van der Waals surface area (Å²) >= 11 is 0. The van der Waals surface area contributed by atoms with Crippen LogP contribution in [0.3, 0.4) is 0 Å². The molecule has 0 aliphatic carbocycles. The molecule has 1 heterocycles. The average molecular weight is 441 g/mol. The highest BCUT2D eigenvalue weighted by molar-refractivity contribution is 5.90. The highest BCUT2D eigenvalue weighted by Crippen LogP contribution is 2.26. The van der Waals surface area contributed by atoms with E-state index in [1.807, 2.05) is 0 Å². The molecule has 0 bridgehead atoms. The van der Waals surface area contributed by atoms with E-state index in [9.17, 15) is 14.4 Å². The molecule has 3 rings (SSSR count). The maximum Gasteiger partial charge on any atom is 0.411 e. The van der Waals surface area contributed by atoms with Gasteiger partial charge >= 0.3 is 17.7 Å². The number of carbonyl (C=O) groups is 2. The van der Waals surface area contributed by atoms with E-state index in [2.05, 4.69) is 5.32 Å². The van der Waals surface area contributed by atoms with Gasteiger partial charge in [-0.1, -0.05) is 6.07 Å². The zero-order valence-corrected chi connectivity index (χ0v) is 17.9. The van der Waals surface area contributed by atoms with Gasteiger partial charge in [0, 0.05) is 40.4 Å². The molecule has 1 N–H and O–H groups in total. The van der Waals surface area contributed by atoms with Crippen LogP contribution in [0.2, 0.25) is 0 Å². The zero-order valence-electron chi connectivity index (χ0n) is 17.9. The van der Waals surface area contributed by atoms with E-state index in [-0.39, 0.29) is 25.2 Å². The van der Waals surface area contributed by atoms with Crippen LogP contribution in [-0.2, 0) is 27.3 Å². The first kappa shape index (κ1) is 22.7. The smallest absolute Gasteiger partial charge is 0.411 e. The van der Waals surface area contributed by atoms with E-state index in [0.717, 1.165) is 0 Å². The third-order valence-electron chi connectivity index (χ3n) is 4.57. The molecule has 0 radical (unpaired) electrons. The normalized spacial score (nSPS) is 10.5. The van der Waals surface area contributed by atoms with Crippen LogP contribution in [0.25, 0.3) is 11.0 Å². The van der Waals surface area contributed by atoms with Gasteiger partial charge in [0.1, 0.15) is 23.7 Å². The Morgan fingerprint density at radius 3 is 2.50 bits per heavy atom. The number of rotatable bonds is 8. The Hall–Kier alpha value is -4.01. The summed E-state index contributed by atoms with van der Waals surface area (Å²) in [7, 11) is 3.05. The number of hydrogen-bond donors (Lipinski definition) is 1. The lowest BCUT2D eigenvalue weighted by molar-refractivity contribution is -0.144. The van der Waals surface area contributed by atoms with Crippen molar-refractivity contribution >= 4 is 28.7 Å². The average Bonchev–Trinajstić information content (AvgIpc) is 2.77. The summed E-state index contributed by atoms with van der Waals surface area (Å²) in [5.41, 5.74) is 1.17. The lowest BCUT2D eigenvalue weighted by atomic mass is 10.1. The fourth-order valence-corrected chi connectivity index (χ4v) is 3.07. The molecule has 1 aromatic heterocycles. The van der Waals surface area contributed by atoms with E-state index >= 15 is 0 Å². The zero-order chi connectivity index (χ0) is 23.1. The number of methoxy groups -OCH3 is 2. The molecular weight excluding hydrogens is 418 g/mol. The van der Waals surface area contributed by atoms with Crippen LogP contribution in [0.4, 0.5) is 10.5 Å². The number of ether oxygens (including phenoxy) is 4. The molecule has 168 valence electrons. The van der Waals surface area contributed by atoms with Gasteiger partial charge in [0.15, 0.2) is 0 Å². The topological polar surface area (TPSA) is 113 Å². The minimum absolute atomic E-state index is 0.0137. The van der Waals surface area contributed by atoms with Crippen molar-refractivity contribution in [1.29, 1.82) is 0 Å². The molecule has 3 aromatic rings. The number of anilines is 1. The van der Waals surface area contributed by atoms with Gasteiger partial charge in [-0.25, -0.2) is 9.59 Å². The van der Waals surface area contributed by atoms with E-state index in [4.69, 9.17) is 23.4 Å². The maximum atomic E-state index is 12.4. The monoisotopic (exact) mass is 441 g/mol. The highest BCUT2D eigenvalue weighted by Gasteiger charge is 2.14. The number of benzene rings is 2. The van der Waals surface area contributed by atoms with Gasteiger partial charge < -0.3 is 23.4 Å². The van der Waals surface area contributed by atoms with Crippen LogP contribution in [0.5, 0.6) is 11.5 Å². The minimum atomic E-state index is -0.617. The van der Waals surface area contributed by atoms with Crippen molar-refractivity contribution in [2.24, 2.45) is 0 Å². The largest absolute Gasteiger partial charge is 0.497 e. The van der Waals surface area contributed by atoms with Crippen LogP contribution >= 0.6 is 0 Å². The Morgan fingerprint density at radius 2 is 1.78 bits per heavy atom. The van der Waals surface area contributed by atoms with E-state index in [1.54, 1.807) is 44.4 Å². The van der Waals surface area contributed by atoms with Gasteiger partial charge in [0.05, 0.1) is 27.2 Å². The summed E-state index contributed by atoms with van der Waals surface area (Å²) in [6.45, 7) is 1.80. The second-order valence-corrected chi connectivity index (χ2v) is 6.66. The SMILES string of the molecule is CCOC(=O)Nc1ccc2c(COC(=O)Cc3ccc(OC)cc3OC)cc(=O)oc2c1. The Bertz CT molecular complexity index is 1180. The first-order valence-electron chi connectivity index (χ1n) is 9.80. The lowest BCUT2D eigenvalue weighted by Gasteiger charge is -2.11. The maximum absolute atomic E-state index is 12.4. The first-order chi connectivity index (χ1) is 15.4. The highest BCUT2D eigenvalue weighted by atomic mass is 16.5. The summed E-state index contributed by atoms with van der Waals surface area (Å²) in [6.07, 6.45) is -0.631. The number of esters is 1. The molecule has 0 aliphatic heterocycles. The minimum Gasteiger partial charge on any atom is -0.497 e. The van der Waals surface area contributed by atoms with Gasteiger partial charge in [0.25, 0.3) is 0 Å². The van der Waals surface area contributed by atoms with Crippen molar-refractivity contribution in [3.63, 3.8) is 0 Å². The van der Waals surface area contributed by atoms with Crippen LogP contribution in [0.1, 0.15) is 18.1 Å². The van der Waals surface area contributed by atoms with Crippen LogP contribution < -0.4 is 20.4 Å². The molecule has 0 atom stereocenters. The Morgan fingerprint density at radius 1 is 0.969 bits per heavy atom. The second-order valence-electron chi connectivity index (χ2n) is 6.66. The Kier molecular flexibility index (Phi) is 7.33. The molecule has 0 spiro atoms. The number of amides is 1. The molecule has 0 saturated carbocycles. The van der Waals surface area contributed by atoms with E-state index in [1.165, 1.54) is 19.2 Å². The van der Waals surface area contributed by atoms with Crippen LogP contribution in [-0.4, -0.2) is 32.9 Å². The van der Waals surface area contributed by atoms with Gasteiger partial charge in [-0.05, 0) is 25.1 Å². The standard InChI is InChI=1S/C23H23NO8/c1-4-30-23(27)24-16-6-8-18-15(10-22(26)32-20(18)11-16)13-31-21(25)9-14-5-7-17(28-2)12-19(14)29-3/h5-8,10-12H,4,9,13H2,1-3H3,(H,24,27). The van der Waals surface area contributed by atoms with Gasteiger partial charge in [-0.15, -0.1) is 0 Å². The third-order valence-corrected chi connectivity index (χ3v) is 4.57.